The molecular weight excluding hydrogens is 234 g/mol. The first-order valence-corrected chi connectivity index (χ1v) is 6.07. The summed E-state index contributed by atoms with van der Waals surface area (Å²) in [5.74, 6) is -2.57. The maximum Gasteiger partial charge on any atom is 0.331 e. The minimum Gasteiger partial charge on any atom is -0.481 e. The van der Waals surface area contributed by atoms with E-state index in [1.165, 1.54) is 6.08 Å². The third-order valence-corrected chi connectivity index (χ3v) is 4.18. The summed E-state index contributed by atoms with van der Waals surface area (Å²) in [6, 6.07) is 0. The van der Waals surface area contributed by atoms with E-state index in [1.54, 1.807) is 19.1 Å². The zero-order valence-electron chi connectivity index (χ0n) is 10.2. The largest absolute Gasteiger partial charge is 0.481 e. The molecule has 0 saturated carbocycles. The summed E-state index contributed by atoms with van der Waals surface area (Å²) in [4.78, 5) is 22.9. The van der Waals surface area contributed by atoms with Gasteiger partial charge in [0.2, 0.25) is 0 Å². The van der Waals surface area contributed by atoms with Crippen molar-refractivity contribution in [1.29, 1.82) is 0 Å². The number of allylic oxidation sites excluding steroid dienone is 2. The van der Waals surface area contributed by atoms with Gasteiger partial charge in [0, 0.05) is 11.5 Å². The first-order chi connectivity index (χ1) is 8.50. The average Bonchev–Trinajstić information content (AvgIpc) is 2.82. The second-order valence-electron chi connectivity index (χ2n) is 4.94. The van der Waals surface area contributed by atoms with Crippen LogP contribution in [0, 0.1) is 17.3 Å². The van der Waals surface area contributed by atoms with Crippen molar-refractivity contribution in [3.8, 4) is 0 Å². The zero-order valence-corrected chi connectivity index (χ0v) is 10.2. The Morgan fingerprint density at radius 1 is 1.44 bits per heavy atom. The van der Waals surface area contributed by atoms with Crippen molar-refractivity contribution < 1.29 is 19.8 Å². The summed E-state index contributed by atoms with van der Waals surface area (Å²) in [7, 11) is 0. The lowest BCUT2D eigenvalue weighted by molar-refractivity contribution is -0.151. The summed E-state index contributed by atoms with van der Waals surface area (Å²) < 4.78 is 0. The van der Waals surface area contributed by atoms with E-state index in [0.717, 1.165) is 13.0 Å². The summed E-state index contributed by atoms with van der Waals surface area (Å²) in [5, 5.41) is 21.9. The van der Waals surface area contributed by atoms with Crippen LogP contribution in [-0.4, -0.2) is 35.2 Å². The van der Waals surface area contributed by atoms with Gasteiger partial charge in [-0.3, -0.25) is 4.79 Å². The first kappa shape index (κ1) is 12.8. The van der Waals surface area contributed by atoms with Gasteiger partial charge >= 0.3 is 11.9 Å². The standard InChI is InChI=1S/C13H17NO4/c1-8-10(11(15)16)3-2-5-13(8,12(17)18)9-4-6-14-7-9/h2-3,5,8-9,14H,4,6-7H2,1H3,(H,15,16)(H,17,18). The SMILES string of the molecule is CC1C(C(=O)O)=CC=CC1(C(=O)O)C1CCNC1. The van der Waals surface area contributed by atoms with Gasteiger partial charge in [0.1, 0.15) is 0 Å². The Bertz CT molecular complexity index is 434. The first-order valence-electron chi connectivity index (χ1n) is 6.07. The van der Waals surface area contributed by atoms with E-state index in [-0.39, 0.29) is 11.5 Å². The van der Waals surface area contributed by atoms with Gasteiger partial charge in [-0.05, 0) is 25.4 Å². The minimum absolute atomic E-state index is 0.0655. The molecule has 0 amide bonds. The number of carboxylic acid groups (broad SMARTS) is 2. The van der Waals surface area contributed by atoms with E-state index in [0.29, 0.717) is 6.54 Å². The van der Waals surface area contributed by atoms with Crippen molar-refractivity contribution in [2.45, 2.75) is 13.3 Å². The second kappa shape index (κ2) is 4.57. The van der Waals surface area contributed by atoms with Gasteiger partial charge in [0.05, 0.1) is 5.41 Å². The van der Waals surface area contributed by atoms with Crippen LogP contribution in [0.3, 0.4) is 0 Å². The van der Waals surface area contributed by atoms with Gasteiger partial charge in [0.25, 0.3) is 0 Å². The van der Waals surface area contributed by atoms with Crippen LogP contribution in [0.2, 0.25) is 0 Å². The fourth-order valence-corrected chi connectivity index (χ4v) is 3.10. The van der Waals surface area contributed by atoms with Crippen molar-refractivity contribution in [2.24, 2.45) is 17.3 Å². The fourth-order valence-electron chi connectivity index (χ4n) is 3.10. The molecule has 1 heterocycles. The van der Waals surface area contributed by atoms with Gasteiger partial charge in [0.15, 0.2) is 0 Å². The molecule has 3 atom stereocenters. The number of hydrogen-bond acceptors (Lipinski definition) is 3. The molecule has 0 spiro atoms. The maximum absolute atomic E-state index is 11.7. The molecule has 2 aliphatic rings. The maximum atomic E-state index is 11.7. The third kappa shape index (κ3) is 1.75. The van der Waals surface area contributed by atoms with Crippen molar-refractivity contribution in [2.75, 3.05) is 13.1 Å². The minimum atomic E-state index is -1.11. The number of carboxylic acids is 2. The molecule has 0 radical (unpaired) electrons. The smallest absolute Gasteiger partial charge is 0.331 e. The van der Waals surface area contributed by atoms with Gasteiger partial charge in [-0.15, -0.1) is 0 Å². The lowest BCUT2D eigenvalue weighted by atomic mass is 9.62. The van der Waals surface area contributed by atoms with Crippen LogP contribution in [0.4, 0.5) is 0 Å². The quantitative estimate of drug-likeness (QED) is 0.693. The Kier molecular flexibility index (Phi) is 3.26. The molecule has 0 bridgehead atoms. The molecule has 5 nitrogen and oxygen atoms in total. The van der Waals surface area contributed by atoms with Crippen LogP contribution >= 0.6 is 0 Å². The molecule has 0 aromatic heterocycles. The Balaban J connectivity index is 2.43. The molecule has 98 valence electrons. The topological polar surface area (TPSA) is 86.6 Å². The number of nitrogens with one attached hydrogen (secondary N) is 1. The van der Waals surface area contributed by atoms with Crippen LogP contribution in [0.25, 0.3) is 0 Å². The average molecular weight is 251 g/mol. The number of carbonyl (C=O) groups is 2. The van der Waals surface area contributed by atoms with Crippen molar-refractivity contribution in [1.82, 2.24) is 5.32 Å². The van der Waals surface area contributed by atoms with Crippen LogP contribution < -0.4 is 5.32 Å². The van der Waals surface area contributed by atoms with Crippen LogP contribution in [0.1, 0.15) is 13.3 Å². The molecule has 0 aromatic rings. The molecule has 1 aliphatic heterocycles. The summed E-state index contributed by atoms with van der Waals surface area (Å²) >= 11 is 0. The molecule has 0 aromatic carbocycles. The van der Waals surface area contributed by atoms with E-state index in [1.807, 2.05) is 0 Å². The van der Waals surface area contributed by atoms with Crippen LogP contribution in [0.5, 0.6) is 0 Å². The number of aliphatic carboxylic acids is 2. The highest BCUT2D eigenvalue weighted by atomic mass is 16.4. The van der Waals surface area contributed by atoms with E-state index < -0.39 is 23.3 Å². The molecule has 1 aliphatic carbocycles. The van der Waals surface area contributed by atoms with Crippen molar-refractivity contribution >= 4 is 11.9 Å². The predicted molar refractivity (Wildman–Crippen MR) is 65.1 cm³/mol. The third-order valence-electron chi connectivity index (χ3n) is 4.18. The monoisotopic (exact) mass is 251 g/mol. The highest BCUT2D eigenvalue weighted by Crippen LogP contribution is 2.46. The molecule has 18 heavy (non-hydrogen) atoms. The van der Waals surface area contributed by atoms with Gasteiger partial charge in [-0.1, -0.05) is 25.2 Å². The van der Waals surface area contributed by atoms with Gasteiger partial charge in [-0.25, -0.2) is 4.79 Å². The Labute approximate surface area is 105 Å². The van der Waals surface area contributed by atoms with Gasteiger partial charge in [-0.2, -0.15) is 0 Å². The Hall–Kier alpha value is -1.62. The summed E-state index contributed by atoms with van der Waals surface area (Å²) in [5.41, 5.74) is -0.932. The molecule has 3 N–H and O–H groups in total. The normalized spacial score (nSPS) is 35.3. The number of rotatable bonds is 3. The molecule has 5 heteroatoms. The van der Waals surface area contributed by atoms with Crippen LogP contribution in [0.15, 0.2) is 23.8 Å². The summed E-state index contributed by atoms with van der Waals surface area (Å²) in [6.45, 7) is 3.09. The molecule has 1 saturated heterocycles. The summed E-state index contributed by atoms with van der Waals surface area (Å²) in [6.07, 6.45) is 5.48. The second-order valence-corrected chi connectivity index (χ2v) is 4.94. The molecule has 2 rings (SSSR count). The van der Waals surface area contributed by atoms with E-state index in [4.69, 9.17) is 5.11 Å². The van der Waals surface area contributed by atoms with Crippen molar-refractivity contribution in [3.05, 3.63) is 23.8 Å². The lowest BCUT2D eigenvalue weighted by Crippen LogP contribution is -2.46. The fraction of sp³-hybridized carbons (Fsp3) is 0.538. The molecular formula is C13H17NO4. The van der Waals surface area contributed by atoms with Crippen molar-refractivity contribution in [3.63, 3.8) is 0 Å². The van der Waals surface area contributed by atoms with E-state index in [9.17, 15) is 14.7 Å². The number of hydrogen-bond donors (Lipinski definition) is 3. The highest BCUT2D eigenvalue weighted by molar-refractivity contribution is 5.91. The Morgan fingerprint density at radius 3 is 2.67 bits per heavy atom. The predicted octanol–water partition coefficient (Wildman–Crippen LogP) is 0.884. The zero-order chi connectivity index (χ0) is 13.3. The van der Waals surface area contributed by atoms with E-state index in [2.05, 4.69) is 5.32 Å². The molecule has 3 unspecified atom stereocenters. The van der Waals surface area contributed by atoms with E-state index >= 15 is 0 Å². The highest BCUT2D eigenvalue weighted by Gasteiger charge is 2.51. The van der Waals surface area contributed by atoms with Crippen LogP contribution in [-0.2, 0) is 9.59 Å². The Morgan fingerprint density at radius 2 is 2.17 bits per heavy atom. The lowest BCUT2D eigenvalue weighted by Gasteiger charge is -2.39. The molecule has 1 fully saturated rings. The van der Waals surface area contributed by atoms with Gasteiger partial charge < -0.3 is 15.5 Å².